The van der Waals surface area contributed by atoms with Crippen LogP contribution in [0.3, 0.4) is 0 Å². The van der Waals surface area contributed by atoms with Crippen molar-refractivity contribution in [1.82, 2.24) is 5.16 Å². The van der Waals surface area contributed by atoms with Gasteiger partial charge in [-0.3, -0.25) is 4.79 Å². The minimum Gasteiger partial charge on any atom is -0.351 e. The third-order valence-electron chi connectivity index (χ3n) is 2.58. The molecule has 0 aliphatic carbocycles. The number of anilines is 1. The van der Waals surface area contributed by atoms with Crippen LogP contribution in [0.4, 0.5) is 5.69 Å². The number of carbonyl (C=O) groups is 1. The molecule has 1 aromatic heterocycles. The lowest BCUT2D eigenvalue weighted by molar-refractivity contribution is 0.0988. The maximum atomic E-state index is 11.9. The number of aromatic nitrogens is 1. The Labute approximate surface area is 120 Å². The first-order valence-electron chi connectivity index (χ1n) is 5.57. The summed E-state index contributed by atoms with van der Waals surface area (Å²) in [5.41, 5.74) is 1.62. The van der Waals surface area contributed by atoms with Gasteiger partial charge in [0.15, 0.2) is 0 Å². The number of amides is 1. The lowest BCUT2D eigenvalue weighted by Crippen LogP contribution is -2.12. The molecule has 0 saturated carbocycles. The van der Waals surface area contributed by atoms with E-state index < -0.39 is 15.0 Å². The van der Waals surface area contributed by atoms with Gasteiger partial charge in [0.05, 0.1) is 10.6 Å². The molecule has 0 saturated heterocycles. The maximum absolute atomic E-state index is 11.9. The van der Waals surface area contributed by atoms with E-state index >= 15 is 0 Å². The summed E-state index contributed by atoms with van der Waals surface area (Å²) in [6.07, 6.45) is 0. The van der Waals surface area contributed by atoms with Crippen molar-refractivity contribution < 1.29 is 17.7 Å². The lowest BCUT2D eigenvalue weighted by atomic mass is 10.2. The van der Waals surface area contributed by atoms with E-state index in [4.69, 9.17) is 15.2 Å². The highest BCUT2D eigenvalue weighted by Crippen LogP contribution is 2.22. The largest absolute Gasteiger partial charge is 0.351 e. The van der Waals surface area contributed by atoms with Crippen LogP contribution in [0.2, 0.25) is 0 Å². The third kappa shape index (κ3) is 3.17. The molecule has 0 unspecified atom stereocenters. The molecule has 2 aromatic rings. The fourth-order valence-electron chi connectivity index (χ4n) is 1.58. The van der Waals surface area contributed by atoms with E-state index in [-0.39, 0.29) is 10.7 Å². The third-order valence-corrected chi connectivity index (χ3v) is 3.93. The number of carbonyl (C=O) groups excluding carboxylic acids is 1. The first-order valence-corrected chi connectivity index (χ1v) is 7.88. The van der Waals surface area contributed by atoms with Gasteiger partial charge in [-0.2, -0.15) is 0 Å². The summed E-state index contributed by atoms with van der Waals surface area (Å²) in [6.45, 7) is 3.36. The van der Waals surface area contributed by atoms with Crippen LogP contribution in [0.25, 0.3) is 0 Å². The molecule has 8 heteroatoms. The summed E-state index contributed by atoms with van der Waals surface area (Å²) in [7, 11) is 1.46. The van der Waals surface area contributed by atoms with E-state index in [1.165, 1.54) is 24.3 Å². The van der Waals surface area contributed by atoms with Crippen molar-refractivity contribution in [2.24, 2.45) is 0 Å². The number of nitrogens with zero attached hydrogens (tertiary/aromatic N) is 1. The Balaban J connectivity index is 2.25. The normalized spacial score (nSPS) is 11.3. The van der Waals surface area contributed by atoms with Crippen molar-refractivity contribution in [3.8, 4) is 0 Å². The monoisotopic (exact) mass is 314 g/mol. The average molecular weight is 315 g/mol. The zero-order chi connectivity index (χ0) is 14.9. The summed E-state index contributed by atoms with van der Waals surface area (Å²) in [5.74, 6) is -0.383. The molecule has 1 N–H and O–H groups in total. The second-order valence-electron chi connectivity index (χ2n) is 4.20. The lowest BCUT2D eigenvalue weighted by Gasteiger charge is -2.07. The fourth-order valence-corrected chi connectivity index (χ4v) is 2.42. The maximum Gasteiger partial charge on any atom is 0.294 e. The highest BCUT2D eigenvalue weighted by Gasteiger charge is 2.15. The summed E-state index contributed by atoms with van der Waals surface area (Å²) >= 11 is 0. The van der Waals surface area contributed by atoms with Crippen molar-refractivity contribution in [2.45, 2.75) is 18.7 Å². The van der Waals surface area contributed by atoms with Crippen molar-refractivity contribution in [1.29, 1.82) is 0 Å². The first kappa shape index (κ1) is 14.5. The molecule has 0 atom stereocenters. The van der Waals surface area contributed by atoms with Gasteiger partial charge in [-0.05, 0) is 37.6 Å². The van der Waals surface area contributed by atoms with Gasteiger partial charge in [-0.1, -0.05) is 5.16 Å². The van der Waals surface area contributed by atoms with Crippen LogP contribution in [0.5, 0.6) is 0 Å². The predicted molar refractivity (Wildman–Crippen MR) is 73.4 cm³/mol. The quantitative estimate of drug-likeness (QED) is 0.879. The number of aryl methyl sites for hydroxylation is 2. The van der Waals surface area contributed by atoms with Crippen LogP contribution in [0.1, 0.15) is 21.8 Å². The molecule has 6 nitrogen and oxygen atoms in total. The molecule has 20 heavy (non-hydrogen) atoms. The van der Waals surface area contributed by atoms with Gasteiger partial charge in [0.1, 0.15) is 0 Å². The number of benzene rings is 1. The minimum atomic E-state index is -3.79. The minimum absolute atomic E-state index is 0.0230. The summed E-state index contributed by atoms with van der Waals surface area (Å²) in [5, 5.41) is 6.22. The topological polar surface area (TPSA) is 89.3 Å². The van der Waals surface area contributed by atoms with E-state index in [9.17, 15) is 13.2 Å². The van der Waals surface area contributed by atoms with Crippen molar-refractivity contribution >= 4 is 31.3 Å². The van der Waals surface area contributed by atoms with Gasteiger partial charge >= 0.3 is 0 Å². The second-order valence-corrected chi connectivity index (χ2v) is 6.77. The molecule has 0 aliphatic heterocycles. The number of nitrogens with one attached hydrogen (secondary N) is 1. The number of halogens is 1. The van der Waals surface area contributed by atoms with Gasteiger partial charge in [-0.25, -0.2) is 8.42 Å². The Morgan fingerprint density at radius 2 is 2.00 bits per heavy atom. The molecule has 0 fully saturated rings. The van der Waals surface area contributed by atoms with Crippen LogP contribution in [0, 0.1) is 13.8 Å². The van der Waals surface area contributed by atoms with Gasteiger partial charge < -0.3 is 9.84 Å². The standard InChI is InChI=1S/C12H11ClN2O4S/c1-7-5-9(20(13,17)18)3-4-10(7)14-12(16)11-6-8(2)15-19-11/h3-6H,1-2H3,(H,14,16). The van der Waals surface area contributed by atoms with Gasteiger partial charge in [-0.15, -0.1) is 0 Å². The van der Waals surface area contributed by atoms with Crippen molar-refractivity contribution in [2.75, 3.05) is 5.32 Å². The van der Waals surface area contributed by atoms with Gasteiger partial charge in [0, 0.05) is 22.4 Å². The molecule has 0 bridgehead atoms. The Kier molecular flexibility index (Phi) is 3.82. The molecule has 0 spiro atoms. The van der Waals surface area contributed by atoms with Crippen molar-refractivity contribution in [3.05, 3.63) is 41.3 Å². The van der Waals surface area contributed by atoms with Crippen LogP contribution in [0.15, 0.2) is 33.7 Å². The molecule has 1 heterocycles. The molecule has 0 radical (unpaired) electrons. The van der Waals surface area contributed by atoms with Crippen LogP contribution in [-0.2, 0) is 9.05 Å². The average Bonchev–Trinajstić information content (AvgIpc) is 2.77. The SMILES string of the molecule is Cc1cc(C(=O)Nc2ccc(S(=O)(=O)Cl)cc2C)on1. The molecule has 0 aliphatic rings. The van der Waals surface area contributed by atoms with E-state index in [1.807, 2.05) is 0 Å². The molecular weight excluding hydrogens is 304 g/mol. The predicted octanol–water partition coefficient (Wildman–Crippen LogP) is 2.47. The Hall–Kier alpha value is -1.86. The van der Waals surface area contributed by atoms with E-state index in [0.29, 0.717) is 16.9 Å². The fraction of sp³-hybridized carbons (Fsp3) is 0.167. The van der Waals surface area contributed by atoms with Crippen LogP contribution >= 0.6 is 10.7 Å². The Bertz CT molecular complexity index is 768. The van der Waals surface area contributed by atoms with E-state index in [0.717, 1.165) is 0 Å². The van der Waals surface area contributed by atoms with E-state index in [1.54, 1.807) is 13.8 Å². The van der Waals surface area contributed by atoms with Gasteiger partial charge in [0.25, 0.3) is 15.0 Å². The van der Waals surface area contributed by atoms with Crippen molar-refractivity contribution in [3.63, 3.8) is 0 Å². The molecule has 1 aromatic carbocycles. The Morgan fingerprint density at radius 1 is 1.30 bits per heavy atom. The number of hydrogen-bond acceptors (Lipinski definition) is 5. The zero-order valence-corrected chi connectivity index (χ0v) is 12.2. The van der Waals surface area contributed by atoms with Crippen LogP contribution in [-0.4, -0.2) is 19.5 Å². The molecule has 2 rings (SSSR count). The smallest absolute Gasteiger partial charge is 0.294 e. The van der Waals surface area contributed by atoms with E-state index in [2.05, 4.69) is 10.5 Å². The summed E-state index contributed by atoms with van der Waals surface area (Å²) in [6, 6.07) is 5.66. The summed E-state index contributed by atoms with van der Waals surface area (Å²) in [4.78, 5) is 11.8. The first-order chi connectivity index (χ1) is 9.27. The number of rotatable bonds is 3. The zero-order valence-electron chi connectivity index (χ0n) is 10.7. The number of hydrogen-bond donors (Lipinski definition) is 1. The van der Waals surface area contributed by atoms with Crippen LogP contribution < -0.4 is 5.32 Å². The molecule has 1 amide bonds. The molecule has 106 valence electrons. The highest BCUT2D eigenvalue weighted by atomic mass is 35.7. The molecular formula is C12H11ClN2O4S. The van der Waals surface area contributed by atoms with Gasteiger partial charge in [0.2, 0.25) is 5.76 Å². The Morgan fingerprint density at radius 3 is 2.50 bits per heavy atom. The second kappa shape index (κ2) is 5.26. The summed E-state index contributed by atoms with van der Waals surface area (Å²) < 4.78 is 27.2. The highest BCUT2D eigenvalue weighted by molar-refractivity contribution is 8.13.